The summed E-state index contributed by atoms with van der Waals surface area (Å²) < 4.78 is 83.3. The van der Waals surface area contributed by atoms with Crippen LogP contribution in [0.25, 0.3) is 0 Å². The Morgan fingerprint density at radius 3 is 1.26 bits per heavy atom. The van der Waals surface area contributed by atoms with Crippen LogP contribution in [0.4, 0.5) is 0 Å². The molecule has 13 heteroatoms. The Bertz CT molecular complexity index is 736. The van der Waals surface area contributed by atoms with Crippen molar-refractivity contribution in [1.29, 1.82) is 0 Å². The lowest BCUT2D eigenvalue weighted by Gasteiger charge is -2.25. The van der Waals surface area contributed by atoms with Gasteiger partial charge >= 0.3 is 0 Å². The maximum absolute atomic E-state index is 11.5. The summed E-state index contributed by atoms with van der Waals surface area (Å²) in [6.45, 7) is 6.15. The molecule has 0 aliphatic carbocycles. The van der Waals surface area contributed by atoms with Gasteiger partial charge in [-0.25, -0.2) is 16.8 Å². The highest BCUT2D eigenvalue weighted by molar-refractivity contribution is 7.79. The Balaban J connectivity index is 3.86. The van der Waals surface area contributed by atoms with E-state index in [4.69, 9.17) is 0 Å². The number of hydrogen-bond donors (Lipinski definition) is 4. The molecule has 0 aliphatic heterocycles. The lowest BCUT2D eigenvalue weighted by atomic mass is 9.95. The van der Waals surface area contributed by atoms with E-state index in [9.17, 15) is 35.0 Å². The topological polar surface area (TPSA) is 149 Å². The van der Waals surface area contributed by atoms with Crippen LogP contribution in [0.2, 0.25) is 19.6 Å². The van der Waals surface area contributed by atoms with Crippen molar-refractivity contribution < 1.29 is 35.0 Å². The molecule has 8 nitrogen and oxygen atoms in total. The van der Waals surface area contributed by atoms with Gasteiger partial charge in [-0.05, 0) is 33.9 Å². The Hall–Kier alpha value is -0.123. The number of benzene rings is 1. The molecule has 0 heterocycles. The van der Waals surface area contributed by atoms with E-state index in [0.717, 1.165) is 0 Å². The first-order valence-electron chi connectivity index (χ1n) is 7.75. The minimum atomic E-state index is -2.23. The second-order valence-electron chi connectivity index (χ2n) is 7.23. The molecule has 1 aromatic carbocycles. The smallest absolute Gasteiger partial charge is 0.157 e. The summed E-state index contributed by atoms with van der Waals surface area (Å²) in [5, 5.41) is 0. The summed E-state index contributed by atoms with van der Waals surface area (Å²) in [5.74, 6) is -1.20. The maximum Gasteiger partial charge on any atom is 0.157 e. The van der Waals surface area contributed by atoms with Crippen molar-refractivity contribution in [3.63, 3.8) is 0 Å². The van der Waals surface area contributed by atoms with Gasteiger partial charge in [0.1, 0.15) is 0 Å². The first kappa shape index (κ1) is 24.9. The SMILES string of the molecule is C[Si](C)(C)Cc1c(CS(=O)O)c(CS(=O)O)cc(CS(=O)O)c1CS(=O)O. The van der Waals surface area contributed by atoms with Gasteiger partial charge in [0, 0.05) is 8.07 Å². The van der Waals surface area contributed by atoms with Crippen molar-refractivity contribution in [3.05, 3.63) is 33.9 Å². The highest BCUT2D eigenvalue weighted by Crippen LogP contribution is 2.30. The molecule has 4 N–H and O–H groups in total. The van der Waals surface area contributed by atoms with Gasteiger partial charge in [-0.3, -0.25) is 0 Å². The Labute approximate surface area is 169 Å². The summed E-state index contributed by atoms with van der Waals surface area (Å²) in [7, 11) is -1.83. The van der Waals surface area contributed by atoms with Crippen LogP contribution < -0.4 is 0 Å². The van der Waals surface area contributed by atoms with Crippen LogP contribution in [0.1, 0.15) is 27.8 Å². The fraction of sp³-hybridized carbons (Fsp3) is 0.571. The average molecular weight is 477 g/mol. The van der Waals surface area contributed by atoms with E-state index in [1.54, 1.807) is 0 Å². The molecule has 4 unspecified atom stereocenters. The number of rotatable bonds is 10. The molecule has 0 radical (unpaired) electrons. The molecule has 1 aromatic rings. The van der Waals surface area contributed by atoms with Gasteiger partial charge in [-0.1, -0.05) is 25.7 Å². The lowest BCUT2D eigenvalue weighted by molar-refractivity contribution is 0.558. The highest BCUT2D eigenvalue weighted by Gasteiger charge is 2.26. The van der Waals surface area contributed by atoms with Crippen LogP contribution in [0.15, 0.2) is 6.07 Å². The van der Waals surface area contributed by atoms with Gasteiger partial charge < -0.3 is 18.2 Å². The van der Waals surface area contributed by atoms with Gasteiger partial charge in [0.15, 0.2) is 44.3 Å². The molecule has 0 saturated heterocycles. The fourth-order valence-corrected chi connectivity index (χ4v) is 6.58. The van der Waals surface area contributed by atoms with Gasteiger partial charge in [0.2, 0.25) is 0 Å². The van der Waals surface area contributed by atoms with E-state index in [-0.39, 0.29) is 23.0 Å². The molecule has 0 aromatic heterocycles. The highest BCUT2D eigenvalue weighted by atomic mass is 32.2. The molecular formula is C14H24O8S4Si. The van der Waals surface area contributed by atoms with E-state index >= 15 is 0 Å². The molecule has 0 bridgehead atoms. The summed E-state index contributed by atoms with van der Waals surface area (Å²) in [6.07, 6.45) is 0. The minimum absolute atomic E-state index is 0.292. The molecule has 0 aliphatic rings. The first-order valence-corrected chi connectivity index (χ1v) is 16.6. The van der Waals surface area contributed by atoms with Crippen molar-refractivity contribution in [2.75, 3.05) is 0 Å². The van der Waals surface area contributed by atoms with Crippen LogP contribution in [0, 0.1) is 0 Å². The van der Waals surface area contributed by atoms with Crippen molar-refractivity contribution in [3.8, 4) is 0 Å². The zero-order valence-corrected chi connectivity index (χ0v) is 19.4. The van der Waals surface area contributed by atoms with Crippen LogP contribution in [0.3, 0.4) is 0 Å². The zero-order chi connectivity index (χ0) is 20.9. The third-order valence-corrected chi connectivity index (χ3v) is 7.25. The molecule has 0 spiro atoms. The standard InChI is InChI=1S/C14H24O8S4Si/c1-27(2,3)9-14-12(7-25(19)20)10(5-23(15)16)4-11(6-24(17)18)13(14)8-26(21)22/h4H,5-9H2,1-3H3,(H,15,16)(H,17,18)(H,19,20)(H,21,22). The monoisotopic (exact) mass is 476 g/mol. The average Bonchev–Trinajstić information content (AvgIpc) is 2.43. The summed E-state index contributed by atoms with van der Waals surface area (Å²) >= 11 is -8.92. The quantitative estimate of drug-likeness (QED) is 0.296. The molecule has 0 saturated carbocycles. The summed E-state index contributed by atoms with van der Waals surface area (Å²) in [4.78, 5) is 0. The molecule has 0 amide bonds. The maximum atomic E-state index is 11.5. The van der Waals surface area contributed by atoms with E-state index in [2.05, 4.69) is 0 Å². The van der Waals surface area contributed by atoms with Gasteiger partial charge in [0.25, 0.3) is 0 Å². The molecule has 4 atom stereocenters. The van der Waals surface area contributed by atoms with Crippen LogP contribution in [-0.4, -0.2) is 43.1 Å². The van der Waals surface area contributed by atoms with Gasteiger partial charge in [-0.15, -0.1) is 0 Å². The number of hydrogen-bond acceptors (Lipinski definition) is 4. The second kappa shape index (κ2) is 10.6. The van der Waals surface area contributed by atoms with E-state index in [1.165, 1.54) is 6.07 Å². The van der Waals surface area contributed by atoms with Gasteiger partial charge in [-0.2, -0.15) is 0 Å². The predicted octanol–water partition coefficient (Wildman–Crippen LogP) is 1.99. The summed E-state index contributed by atoms with van der Waals surface area (Å²) in [5.41, 5.74) is 2.03. The third-order valence-electron chi connectivity index (χ3n) is 3.65. The largest absolute Gasteiger partial charge is 0.306 e. The van der Waals surface area contributed by atoms with Crippen molar-refractivity contribution in [1.82, 2.24) is 0 Å². The molecule has 1 rings (SSSR count). The van der Waals surface area contributed by atoms with Crippen molar-refractivity contribution in [2.24, 2.45) is 0 Å². The zero-order valence-electron chi connectivity index (χ0n) is 15.2. The Morgan fingerprint density at radius 2 is 1.00 bits per heavy atom. The van der Waals surface area contributed by atoms with Crippen molar-refractivity contribution >= 4 is 52.4 Å². The van der Waals surface area contributed by atoms with Crippen LogP contribution in [0.5, 0.6) is 0 Å². The first-order chi connectivity index (χ1) is 12.3. The fourth-order valence-electron chi connectivity index (χ4n) is 2.83. The van der Waals surface area contributed by atoms with E-state index < -0.39 is 52.4 Å². The third kappa shape index (κ3) is 8.83. The minimum Gasteiger partial charge on any atom is -0.306 e. The Kier molecular flexibility index (Phi) is 9.78. The molecular weight excluding hydrogens is 453 g/mol. The van der Waals surface area contributed by atoms with Gasteiger partial charge in [0.05, 0.1) is 23.0 Å². The Morgan fingerprint density at radius 1 is 0.667 bits per heavy atom. The molecule has 156 valence electrons. The lowest BCUT2D eigenvalue weighted by Crippen LogP contribution is -2.27. The second-order valence-corrected chi connectivity index (χ2v) is 16.4. The van der Waals surface area contributed by atoms with Crippen molar-refractivity contribution in [2.45, 2.75) is 48.7 Å². The molecule has 0 fully saturated rings. The van der Waals surface area contributed by atoms with Crippen LogP contribution in [-0.2, 0) is 73.4 Å². The van der Waals surface area contributed by atoms with E-state index in [0.29, 0.717) is 33.9 Å². The normalized spacial score (nSPS) is 16.7. The predicted molar refractivity (Wildman–Crippen MR) is 111 cm³/mol. The van der Waals surface area contributed by atoms with Crippen LogP contribution >= 0.6 is 0 Å². The van der Waals surface area contributed by atoms with E-state index in [1.807, 2.05) is 19.6 Å². The summed E-state index contributed by atoms with van der Waals surface area (Å²) in [6, 6.07) is 1.92. The molecule has 27 heavy (non-hydrogen) atoms.